The molecule has 124 valence electrons. The molecule has 0 fully saturated rings. The molecular weight excluding hydrogens is 306 g/mol. The van der Waals surface area contributed by atoms with Crippen molar-refractivity contribution in [3.8, 4) is 0 Å². The number of allylic oxidation sites excluding steroid dienone is 2. The van der Waals surface area contributed by atoms with Crippen LogP contribution in [0, 0.1) is 5.92 Å². The van der Waals surface area contributed by atoms with Crippen LogP contribution in [0.4, 0.5) is 0 Å². The molecule has 0 aliphatic carbocycles. The minimum absolute atomic E-state index is 0.0839. The molecule has 0 unspecified atom stereocenters. The van der Waals surface area contributed by atoms with E-state index in [1.807, 2.05) is 12.3 Å². The molecule has 1 atom stereocenters. The van der Waals surface area contributed by atoms with Gasteiger partial charge in [0.25, 0.3) is 5.56 Å². The van der Waals surface area contributed by atoms with Crippen LogP contribution in [0.25, 0.3) is 10.2 Å². The van der Waals surface area contributed by atoms with E-state index in [4.69, 9.17) is 0 Å². The van der Waals surface area contributed by atoms with Crippen LogP contribution in [0.2, 0.25) is 0 Å². The van der Waals surface area contributed by atoms with E-state index in [9.17, 15) is 4.79 Å². The Balaban J connectivity index is 2.02. The smallest absolute Gasteiger partial charge is 0.267 e. The lowest BCUT2D eigenvalue weighted by Gasteiger charge is -2.06. The lowest BCUT2D eigenvalue weighted by atomic mass is 10.0. The van der Waals surface area contributed by atoms with E-state index in [2.05, 4.69) is 43.9 Å². The zero-order valence-corrected chi connectivity index (χ0v) is 15.2. The molecule has 0 aliphatic heterocycles. The number of fused-ring (bicyclic) bond motifs is 1. The van der Waals surface area contributed by atoms with Crippen LogP contribution in [-0.4, -0.2) is 15.9 Å². The van der Waals surface area contributed by atoms with Gasteiger partial charge >= 0.3 is 0 Å². The van der Waals surface area contributed by atoms with E-state index in [0.717, 1.165) is 30.5 Å². The van der Waals surface area contributed by atoms with Gasteiger partial charge in [0.1, 0.15) is 11.2 Å². The van der Waals surface area contributed by atoms with Crippen molar-refractivity contribution in [3.63, 3.8) is 0 Å². The third kappa shape index (κ3) is 4.86. The summed E-state index contributed by atoms with van der Waals surface area (Å²) in [7, 11) is 0. The van der Waals surface area contributed by atoms with Gasteiger partial charge in [0, 0.05) is 11.1 Å². The molecule has 0 saturated heterocycles. The maximum absolute atomic E-state index is 12.4. The molecule has 0 N–H and O–H groups in total. The molecule has 0 saturated carbocycles. The normalized spacial score (nSPS) is 12.9. The monoisotopic (exact) mass is 331 g/mol. The molecule has 2 aromatic heterocycles. The van der Waals surface area contributed by atoms with Crippen LogP contribution < -0.4 is 5.56 Å². The van der Waals surface area contributed by atoms with Gasteiger partial charge in [-0.05, 0) is 51.5 Å². The molecule has 0 aliphatic rings. The van der Waals surface area contributed by atoms with Gasteiger partial charge in [0.15, 0.2) is 0 Å². The second-order valence-corrected chi connectivity index (χ2v) is 7.29. The van der Waals surface area contributed by atoms with E-state index in [1.54, 1.807) is 11.3 Å². The zero-order chi connectivity index (χ0) is 16.8. The van der Waals surface area contributed by atoms with E-state index < -0.39 is 0 Å². The van der Waals surface area contributed by atoms with Crippen molar-refractivity contribution in [1.82, 2.24) is 9.66 Å². The average Bonchev–Trinajstić information content (AvgIpc) is 2.93. The van der Waals surface area contributed by atoms with E-state index in [1.165, 1.54) is 21.5 Å². The third-order valence-electron chi connectivity index (χ3n) is 3.76. The number of rotatable bonds is 7. The van der Waals surface area contributed by atoms with Crippen LogP contribution in [-0.2, 0) is 6.42 Å². The Kier molecular flexibility index (Phi) is 6.28. The minimum atomic E-state index is -0.0839. The second-order valence-electron chi connectivity index (χ2n) is 6.18. The summed E-state index contributed by atoms with van der Waals surface area (Å²) >= 11 is 1.58. The van der Waals surface area contributed by atoms with Gasteiger partial charge in [0.2, 0.25) is 0 Å². The second kappa shape index (κ2) is 8.20. The molecule has 2 rings (SSSR count). The molecule has 2 heterocycles. The van der Waals surface area contributed by atoms with Crippen molar-refractivity contribution >= 4 is 27.8 Å². The molecule has 0 bridgehead atoms. The maximum atomic E-state index is 12.4. The first-order valence-corrected chi connectivity index (χ1v) is 8.99. The first-order valence-electron chi connectivity index (χ1n) is 8.17. The Morgan fingerprint density at radius 3 is 2.96 bits per heavy atom. The highest BCUT2D eigenvalue weighted by atomic mass is 32.1. The highest BCUT2D eigenvalue weighted by molar-refractivity contribution is 7.18. The van der Waals surface area contributed by atoms with Crippen molar-refractivity contribution in [2.24, 2.45) is 11.0 Å². The quantitative estimate of drug-likeness (QED) is 0.548. The molecule has 5 heteroatoms. The lowest BCUT2D eigenvalue weighted by Crippen LogP contribution is -2.16. The first kappa shape index (κ1) is 17.6. The summed E-state index contributed by atoms with van der Waals surface area (Å²) in [5.74, 6) is 0.551. The van der Waals surface area contributed by atoms with Crippen LogP contribution in [0.3, 0.4) is 0 Å². The number of nitrogens with zero attached hydrogens (tertiary/aromatic N) is 3. The Labute approximate surface area is 141 Å². The Morgan fingerprint density at radius 1 is 1.48 bits per heavy atom. The van der Waals surface area contributed by atoms with Crippen LogP contribution >= 0.6 is 11.3 Å². The van der Waals surface area contributed by atoms with E-state index in [-0.39, 0.29) is 5.56 Å². The summed E-state index contributed by atoms with van der Waals surface area (Å²) in [6.07, 6.45) is 9.63. The van der Waals surface area contributed by atoms with Crippen molar-refractivity contribution < 1.29 is 0 Å². The number of hydrogen-bond acceptors (Lipinski definition) is 4. The van der Waals surface area contributed by atoms with Crippen molar-refractivity contribution in [2.75, 3.05) is 0 Å². The van der Waals surface area contributed by atoms with Crippen molar-refractivity contribution in [2.45, 2.75) is 53.4 Å². The van der Waals surface area contributed by atoms with E-state index >= 15 is 0 Å². The molecule has 0 radical (unpaired) electrons. The predicted molar refractivity (Wildman–Crippen MR) is 99.6 cm³/mol. The van der Waals surface area contributed by atoms with Crippen molar-refractivity contribution in [3.05, 3.63) is 39.3 Å². The zero-order valence-electron chi connectivity index (χ0n) is 14.4. The van der Waals surface area contributed by atoms with Gasteiger partial charge in [-0.1, -0.05) is 25.5 Å². The standard InChI is InChI=1S/C18H25N3OS/c1-5-15-11-16-17(23-15)19-12-21(18(16)22)20-10-9-14(4)8-6-7-13(2)3/h7,10-12,14H,5-6,8-9H2,1-4H3/b20-10-/t14-/m1/s1. The van der Waals surface area contributed by atoms with Crippen LogP contribution in [0.5, 0.6) is 0 Å². The molecular formula is C18H25N3OS. The Hall–Kier alpha value is -1.75. The predicted octanol–water partition coefficient (Wildman–Crippen LogP) is 4.63. The minimum Gasteiger partial charge on any atom is -0.267 e. The average molecular weight is 331 g/mol. The number of aryl methyl sites for hydroxylation is 1. The summed E-state index contributed by atoms with van der Waals surface area (Å²) in [5, 5.41) is 4.95. The molecule has 0 spiro atoms. The van der Waals surface area contributed by atoms with Crippen LogP contribution in [0.1, 0.15) is 51.8 Å². The van der Waals surface area contributed by atoms with Gasteiger partial charge in [-0.25, -0.2) is 4.98 Å². The Bertz CT molecular complexity index is 766. The molecule has 0 amide bonds. The summed E-state index contributed by atoms with van der Waals surface area (Å²) in [5.41, 5.74) is 1.28. The van der Waals surface area contributed by atoms with Crippen LogP contribution in [0.15, 0.2) is 33.9 Å². The largest absolute Gasteiger partial charge is 0.282 e. The SMILES string of the molecule is CCc1cc2c(=O)n(/N=C\C[C@H](C)CCC=C(C)C)cnc2s1. The lowest BCUT2D eigenvalue weighted by molar-refractivity contribution is 0.561. The maximum Gasteiger partial charge on any atom is 0.282 e. The summed E-state index contributed by atoms with van der Waals surface area (Å²) < 4.78 is 1.34. The topological polar surface area (TPSA) is 47.2 Å². The van der Waals surface area contributed by atoms with E-state index in [0.29, 0.717) is 11.3 Å². The number of aromatic nitrogens is 2. The fourth-order valence-corrected chi connectivity index (χ4v) is 3.23. The molecule has 0 aromatic carbocycles. The first-order chi connectivity index (χ1) is 11.0. The highest BCUT2D eigenvalue weighted by Crippen LogP contribution is 2.20. The summed E-state index contributed by atoms with van der Waals surface area (Å²) in [4.78, 5) is 18.7. The molecule has 4 nitrogen and oxygen atoms in total. The van der Waals surface area contributed by atoms with Gasteiger partial charge < -0.3 is 0 Å². The summed E-state index contributed by atoms with van der Waals surface area (Å²) in [6, 6.07) is 1.93. The fourth-order valence-electron chi connectivity index (χ4n) is 2.31. The summed E-state index contributed by atoms with van der Waals surface area (Å²) in [6.45, 7) is 8.53. The van der Waals surface area contributed by atoms with Crippen molar-refractivity contribution in [1.29, 1.82) is 0 Å². The van der Waals surface area contributed by atoms with Gasteiger partial charge in [-0.2, -0.15) is 9.78 Å². The van der Waals surface area contributed by atoms with Gasteiger partial charge in [0.05, 0.1) is 5.39 Å². The molecule has 2 aromatic rings. The number of thiophene rings is 1. The number of hydrogen-bond donors (Lipinski definition) is 0. The van der Waals surface area contributed by atoms with Gasteiger partial charge in [-0.15, -0.1) is 11.3 Å². The third-order valence-corrected chi connectivity index (χ3v) is 4.95. The fraction of sp³-hybridized carbons (Fsp3) is 0.500. The van der Waals surface area contributed by atoms with Gasteiger partial charge in [-0.3, -0.25) is 4.79 Å². The molecule has 23 heavy (non-hydrogen) atoms. The highest BCUT2D eigenvalue weighted by Gasteiger charge is 2.07. The Morgan fingerprint density at radius 2 is 2.26 bits per heavy atom.